The molecule has 0 aromatic rings. The summed E-state index contributed by atoms with van der Waals surface area (Å²) in [6.07, 6.45) is 73.1. The topological polar surface area (TPSA) is 155 Å². The third-order valence-electron chi connectivity index (χ3n) is 12.4. The lowest BCUT2D eigenvalue weighted by Crippen LogP contribution is -2.30. The smallest absolute Gasteiger partial charge is 0.462 e. The molecule has 0 fully saturated rings. The number of allylic oxidation sites excluding steroid dienone is 20. The van der Waals surface area contributed by atoms with Crippen LogP contribution in [0.1, 0.15) is 239 Å². The molecule has 0 aromatic carbocycles. The number of carbonyl (C=O) groups excluding carboxylic acids is 3. The van der Waals surface area contributed by atoms with E-state index in [-0.39, 0.29) is 25.9 Å². The minimum absolute atomic E-state index is 0.0956. The van der Waals surface area contributed by atoms with Crippen LogP contribution >= 0.6 is 7.82 Å². The van der Waals surface area contributed by atoms with Gasteiger partial charge in [0, 0.05) is 19.3 Å². The summed E-state index contributed by atoms with van der Waals surface area (Å²) in [6.45, 7) is 4.36. The van der Waals surface area contributed by atoms with E-state index in [1.54, 1.807) is 0 Å². The van der Waals surface area contributed by atoms with Crippen molar-refractivity contribution in [2.24, 2.45) is 0 Å². The minimum atomic E-state index is -4.78. The number of ether oxygens (including phenoxy) is 3. The standard InChI is InChI=1S/C66H109O11P/c1-4-7-10-13-16-19-22-25-27-29-31-33-35-38-41-44-47-50-53-56-65(69)76-62(58-67)60-74-78(71,72)75-61-63(59-73-64(68)55-52-49-46-43-40-37-24-21-18-15-12-9-6-3)77-66(70)57-54-51-48-45-42-39-36-34-32-30-28-26-23-20-17-14-11-8-5-2/h9,12,16-21,25-28,31-34,37,40,46,49,62-63,67H,4-8,10-11,13-15,22-24,29-30,35-36,38-39,41-45,47-48,50-61H2,1-3H3,(H,71,72)/b12-9-,19-16-,20-17-,21-18-,27-25-,28-26-,33-31-,34-32-,40-37-,49-46-. The van der Waals surface area contributed by atoms with E-state index in [1.165, 1.54) is 51.4 Å². The minimum Gasteiger partial charge on any atom is -0.462 e. The summed E-state index contributed by atoms with van der Waals surface area (Å²) in [4.78, 5) is 48.6. The molecule has 0 radical (unpaired) electrons. The molecule has 444 valence electrons. The van der Waals surface area contributed by atoms with Crippen molar-refractivity contribution in [2.45, 2.75) is 251 Å². The summed E-state index contributed by atoms with van der Waals surface area (Å²) in [5.41, 5.74) is 0. The largest absolute Gasteiger partial charge is 0.472 e. The van der Waals surface area contributed by atoms with Crippen LogP contribution in [0.25, 0.3) is 0 Å². The highest BCUT2D eigenvalue weighted by molar-refractivity contribution is 7.47. The highest BCUT2D eigenvalue weighted by atomic mass is 31.2. The van der Waals surface area contributed by atoms with Gasteiger partial charge in [-0.3, -0.25) is 23.4 Å². The van der Waals surface area contributed by atoms with E-state index in [2.05, 4.69) is 130 Å². The van der Waals surface area contributed by atoms with Crippen LogP contribution in [-0.4, -0.2) is 66.5 Å². The number of carbonyl (C=O) groups is 3. The maximum atomic E-state index is 12.9. The number of phosphoric acid groups is 1. The Morgan fingerprint density at radius 3 is 1.08 bits per heavy atom. The predicted molar refractivity (Wildman–Crippen MR) is 325 cm³/mol. The van der Waals surface area contributed by atoms with Crippen LogP contribution in [0.15, 0.2) is 122 Å². The maximum Gasteiger partial charge on any atom is 0.472 e. The van der Waals surface area contributed by atoms with Crippen molar-refractivity contribution in [1.82, 2.24) is 0 Å². The number of aliphatic hydroxyl groups is 1. The Labute approximate surface area is 475 Å². The predicted octanol–water partition coefficient (Wildman–Crippen LogP) is 18.4. The Morgan fingerprint density at radius 1 is 0.372 bits per heavy atom. The zero-order valence-electron chi connectivity index (χ0n) is 49.1. The molecule has 0 bridgehead atoms. The van der Waals surface area contributed by atoms with Gasteiger partial charge < -0.3 is 24.2 Å². The third-order valence-corrected chi connectivity index (χ3v) is 13.3. The van der Waals surface area contributed by atoms with Crippen LogP contribution in [0, 0.1) is 0 Å². The van der Waals surface area contributed by atoms with E-state index in [9.17, 15) is 28.9 Å². The van der Waals surface area contributed by atoms with E-state index in [0.717, 1.165) is 128 Å². The maximum absolute atomic E-state index is 12.9. The molecule has 0 rings (SSSR count). The van der Waals surface area contributed by atoms with Gasteiger partial charge in [0.05, 0.1) is 19.8 Å². The van der Waals surface area contributed by atoms with Crippen LogP contribution in [0.3, 0.4) is 0 Å². The lowest BCUT2D eigenvalue weighted by Gasteiger charge is -2.21. The van der Waals surface area contributed by atoms with Crippen molar-refractivity contribution in [3.63, 3.8) is 0 Å². The molecule has 11 nitrogen and oxygen atoms in total. The van der Waals surface area contributed by atoms with E-state index in [4.69, 9.17) is 23.3 Å². The fourth-order valence-electron chi connectivity index (χ4n) is 7.74. The van der Waals surface area contributed by atoms with Gasteiger partial charge in [0.25, 0.3) is 0 Å². The zero-order chi connectivity index (χ0) is 56.9. The second-order valence-electron chi connectivity index (χ2n) is 19.8. The molecule has 0 aromatic heterocycles. The van der Waals surface area contributed by atoms with Gasteiger partial charge in [-0.05, 0) is 122 Å². The SMILES string of the molecule is CC/C=C\C/C=C\C/C=C\C/C=C\CCC(=O)OCC(COP(=O)(O)OCC(CO)OC(=O)CCCCCCCC/C=C\C/C=C\C/C=C\CCCCC)OC(=O)CCCCCCCC/C=C\C/C=C\C/C=C\CCCCC. The molecule has 0 aliphatic heterocycles. The second-order valence-corrected chi connectivity index (χ2v) is 21.2. The van der Waals surface area contributed by atoms with Gasteiger partial charge in [-0.2, -0.15) is 0 Å². The average molecular weight is 1110 g/mol. The van der Waals surface area contributed by atoms with Crippen molar-refractivity contribution in [3.8, 4) is 0 Å². The highest BCUT2D eigenvalue weighted by Gasteiger charge is 2.28. The van der Waals surface area contributed by atoms with Crippen LogP contribution in [0.4, 0.5) is 0 Å². The molecule has 2 N–H and O–H groups in total. The quantitative estimate of drug-likeness (QED) is 0.0197. The first-order chi connectivity index (χ1) is 38.2. The number of unbranched alkanes of at least 4 members (excludes halogenated alkanes) is 18. The second kappa shape index (κ2) is 59.0. The number of hydrogen-bond acceptors (Lipinski definition) is 10. The summed E-state index contributed by atoms with van der Waals surface area (Å²) in [7, 11) is -4.78. The van der Waals surface area contributed by atoms with E-state index < -0.39 is 57.8 Å². The van der Waals surface area contributed by atoms with Gasteiger partial charge >= 0.3 is 25.7 Å². The first-order valence-corrected chi connectivity index (χ1v) is 31.9. The van der Waals surface area contributed by atoms with Crippen LogP contribution in [0.2, 0.25) is 0 Å². The Morgan fingerprint density at radius 2 is 0.692 bits per heavy atom. The normalized spacial score (nSPS) is 14.2. The van der Waals surface area contributed by atoms with E-state index in [1.807, 2.05) is 12.2 Å². The highest BCUT2D eigenvalue weighted by Crippen LogP contribution is 2.43. The Balaban J connectivity index is 4.78. The molecule has 0 saturated carbocycles. The van der Waals surface area contributed by atoms with Gasteiger partial charge in [-0.25, -0.2) is 4.57 Å². The Hall–Kier alpha value is -4.12. The fraction of sp³-hybridized carbons (Fsp3) is 0.652. The van der Waals surface area contributed by atoms with Gasteiger partial charge in [-0.15, -0.1) is 0 Å². The van der Waals surface area contributed by atoms with Crippen molar-refractivity contribution >= 4 is 25.7 Å². The van der Waals surface area contributed by atoms with Crippen molar-refractivity contribution < 1.29 is 52.2 Å². The van der Waals surface area contributed by atoms with Crippen molar-refractivity contribution in [1.29, 1.82) is 0 Å². The van der Waals surface area contributed by atoms with Gasteiger partial charge in [0.15, 0.2) is 6.10 Å². The molecule has 0 heterocycles. The lowest BCUT2D eigenvalue weighted by molar-refractivity contribution is -0.161. The summed E-state index contributed by atoms with van der Waals surface area (Å²) in [5, 5.41) is 9.84. The van der Waals surface area contributed by atoms with Gasteiger partial charge in [0.2, 0.25) is 0 Å². The summed E-state index contributed by atoms with van der Waals surface area (Å²) >= 11 is 0. The first kappa shape index (κ1) is 73.9. The molecule has 0 spiro atoms. The number of hydrogen-bond donors (Lipinski definition) is 2. The monoisotopic (exact) mass is 1110 g/mol. The zero-order valence-corrected chi connectivity index (χ0v) is 50.0. The summed E-state index contributed by atoms with van der Waals surface area (Å²) < 4.78 is 39.5. The third kappa shape index (κ3) is 56.6. The number of aliphatic hydroxyl groups excluding tert-OH is 1. The molecular formula is C66H109O11P. The molecule has 78 heavy (non-hydrogen) atoms. The molecule has 0 aliphatic carbocycles. The molecule has 12 heteroatoms. The van der Waals surface area contributed by atoms with E-state index in [0.29, 0.717) is 19.3 Å². The van der Waals surface area contributed by atoms with Crippen molar-refractivity contribution in [3.05, 3.63) is 122 Å². The van der Waals surface area contributed by atoms with Gasteiger partial charge in [0.1, 0.15) is 12.7 Å². The number of rotatable bonds is 55. The molecule has 3 atom stereocenters. The average Bonchev–Trinajstić information content (AvgIpc) is 3.43. The molecular weight excluding hydrogens is 1000 g/mol. The van der Waals surface area contributed by atoms with Crippen molar-refractivity contribution in [2.75, 3.05) is 26.4 Å². The lowest BCUT2D eigenvalue weighted by atomic mass is 10.1. The molecule has 0 saturated heterocycles. The van der Waals surface area contributed by atoms with Gasteiger partial charge in [-0.1, -0.05) is 219 Å². The Bertz CT molecular complexity index is 1770. The molecule has 0 aliphatic rings. The summed E-state index contributed by atoms with van der Waals surface area (Å²) in [5.74, 6) is -1.60. The molecule has 0 amide bonds. The summed E-state index contributed by atoms with van der Waals surface area (Å²) in [6, 6.07) is 0. The Kier molecular flexibility index (Phi) is 55.9. The molecule has 3 unspecified atom stereocenters. The van der Waals surface area contributed by atoms with Crippen LogP contribution < -0.4 is 0 Å². The van der Waals surface area contributed by atoms with Crippen LogP contribution in [-0.2, 0) is 42.2 Å². The fourth-order valence-corrected chi connectivity index (χ4v) is 8.52. The number of phosphoric ester groups is 1. The van der Waals surface area contributed by atoms with E-state index >= 15 is 0 Å². The first-order valence-electron chi connectivity index (χ1n) is 30.4. The van der Waals surface area contributed by atoms with Crippen LogP contribution in [0.5, 0.6) is 0 Å². The number of esters is 3.